The summed E-state index contributed by atoms with van der Waals surface area (Å²) in [5.41, 5.74) is 6.16. The molecule has 0 atom stereocenters. The molecule has 0 aromatic heterocycles. The molecule has 0 saturated carbocycles. The Bertz CT molecular complexity index is 625. The molecule has 104 valence electrons. The number of nitrogens with zero attached hydrogens (tertiary/aromatic N) is 1. The lowest BCUT2D eigenvalue weighted by Gasteiger charge is -2.21. The van der Waals surface area contributed by atoms with Gasteiger partial charge >= 0.3 is 6.03 Å². The average Bonchev–Trinajstić information content (AvgIpc) is 2.38. The number of nitrogens with two attached hydrogens (primary N) is 1. The second kappa shape index (κ2) is 5.79. The molecule has 0 heterocycles. The molecular weight excluding hydrogens is 323 g/mol. The Morgan fingerprint density at radius 3 is 2.00 bits per heavy atom. The molecular formula is C13H9Cl3N2O2. The second-order valence-corrected chi connectivity index (χ2v) is 5.13. The van der Waals surface area contributed by atoms with E-state index in [0.717, 1.165) is 0 Å². The Hall–Kier alpha value is -1.62. The summed E-state index contributed by atoms with van der Waals surface area (Å²) >= 11 is 17.5. The molecule has 0 unspecified atom stereocenters. The van der Waals surface area contributed by atoms with Crippen LogP contribution >= 0.6 is 34.8 Å². The Balaban J connectivity index is 2.53. The van der Waals surface area contributed by atoms with Gasteiger partial charge in [-0.1, -0.05) is 34.8 Å². The number of primary amides is 1. The highest BCUT2D eigenvalue weighted by molar-refractivity contribution is 6.42. The number of urea groups is 1. The Morgan fingerprint density at radius 1 is 0.950 bits per heavy atom. The van der Waals surface area contributed by atoms with Gasteiger partial charge in [-0.05, 0) is 30.3 Å². The van der Waals surface area contributed by atoms with Gasteiger partial charge in [-0.2, -0.15) is 0 Å². The molecule has 0 saturated heterocycles. The fraction of sp³-hybridized carbons (Fsp3) is 0. The molecule has 3 N–H and O–H groups in total. The largest absolute Gasteiger partial charge is 0.506 e. The Labute approximate surface area is 130 Å². The van der Waals surface area contributed by atoms with Crippen molar-refractivity contribution in [3.8, 4) is 5.75 Å². The number of halogens is 3. The lowest BCUT2D eigenvalue weighted by molar-refractivity contribution is 0.256. The normalized spacial score (nSPS) is 10.3. The highest BCUT2D eigenvalue weighted by Gasteiger charge is 2.17. The lowest BCUT2D eigenvalue weighted by Crippen LogP contribution is -2.31. The highest BCUT2D eigenvalue weighted by atomic mass is 35.5. The number of benzene rings is 2. The van der Waals surface area contributed by atoms with Gasteiger partial charge in [0.2, 0.25) is 0 Å². The van der Waals surface area contributed by atoms with E-state index >= 15 is 0 Å². The maximum Gasteiger partial charge on any atom is 0.323 e. The van der Waals surface area contributed by atoms with Crippen LogP contribution in [0, 0.1) is 0 Å². The minimum Gasteiger partial charge on any atom is -0.506 e. The van der Waals surface area contributed by atoms with E-state index < -0.39 is 6.03 Å². The average molecular weight is 332 g/mol. The number of rotatable bonds is 2. The first-order valence-corrected chi connectivity index (χ1v) is 6.56. The van der Waals surface area contributed by atoms with Crippen LogP contribution in [0.2, 0.25) is 15.1 Å². The summed E-state index contributed by atoms with van der Waals surface area (Å²) in [4.78, 5) is 12.8. The molecule has 7 heteroatoms. The van der Waals surface area contributed by atoms with Gasteiger partial charge in [0, 0.05) is 6.07 Å². The number of hydrogen-bond donors (Lipinski definition) is 2. The van der Waals surface area contributed by atoms with E-state index in [0.29, 0.717) is 16.4 Å². The van der Waals surface area contributed by atoms with Crippen molar-refractivity contribution in [3.63, 3.8) is 0 Å². The first kappa shape index (κ1) is 14.8. The van der Waals surface area contributed by atoms with Gasteiger partial charge in [0.25, 0.3) is 0 Å². The SMILES string of the molecule is NC(=O)N(c1ccc(Cl)c(O)c1)c1ccc(Cl)c(Cl)c1. The number of amides is 2. The number of hydrogen-bond acceptors (Lipinski definition) is 2. The molecule has 0 aliphatic rings. The van der Waals surface area contributed by atoms with Gasteiger partial charge in [0.15, 0.2) is 0 Å². The third-order valence-corrected chi connectivity index (χ3v) is 3.63. The zero-order valence-electron chi connectivity index (χ0n) is 9.98. The minimum atomic E-state index is -0.731. The lowest BCUT2D eigenvalue weighted by atomic mass is 10.2. The van der Waals surface area contributed by atoms with Gasteiger partial charge in [-0.15, -0.1) is 0 Å². The van der Waals surface area contributed by atoms with Crippen LogP contribution < -0.4 is 10.6 Å². The van der Waals surface area contributed by atoms with Gasteiger partial charge < -0.3 is 10.8 Å². The number of anilines is 2. The Kier molecular flexibility index (Phi) is 4.28. The first-order valence-electron chi connectivity index (χ1n) is 5.43. The molecule has 20 heavy (non-hydrogen) atoms. The fourth-order valence-corrected chi connectivity index (χ4v) is 2.08. The van der Waals surface area contributed by atoms with E-state index in [2.05, 4.69) is 0 Å². The number of phenolic OH excluding ortho intramolecular Hbond substituents is 1. The van der Waals surface area contributed by atoms with Crippen LogP contribution in [0.25, 0.3) is 0 Å². The number of phenols is 1. The van der Waals surface area contributed by atoms with E-state index in [1.807, 2.05) is 0 Å². The van der Waals surface area contributed by atoms with Crippen molar-refractivity contribution in [1.82, 2.24) is 0 Å². The van der Waals surface area contributed by atoms with Crippen molar-refractivity contribution in [3.05, 3.63) is 51.5 Å². The van der Waals surface area contributed by atoms with Gasteiger partial charge in [-0.25, -0.2) is 4.79 Å². The van der Waals surface area contributed by atoms with Gasteiger partial charge in [0.1, 0.15) is 5.75 Å². The van der Waals surface area contributed by atoms with Gasteiger partial charge in [0.05, 0.1) is 26.4 Å². The smallest absolute Gasteiger partial charge is 0.323 e. The van der Waals surface area contributed by atoms with Crippen molar-refractivity contribution in [1.29, 1.82) is 0 Å². The van der Waals surface area contributed by atoms with Crippen molar-refractivity contribution in [2.75, 3.05) is 4.90 Å². The molecule has 0 fully saturated rings. The third kappa shape index (κ3) is 2.93. The number of carbonyl (C=O) groups is 1. The summed E-state index contributed by atoms with van der Waals surface area (Å²) in [6.45, 7) is 0. The predicted octanol–water partition coefficient (Wildman–Crippen LogP) is 4.57. The summed E-state index contributed by atoms with van der Waals surface area (Å²) in [5.74, 6) is -0.157. The molecule has 0 spiro atoms. The quantitative estimate of drug-likeness (QED) is 0.846. The number of aromatic hydroxyl groups is 1. The van der Waals surface area contributed by atoms with Crippen molar-refractivity contribution in [2.45, 2.75) is 0 Å². The first-order chi connectivity index (χ1) is 9.40. The van der Waals surface area contributed by atoms with Crippen LogP contribution in [-0.2, 0) is 0 Å². The van der Waals surface area contributed by atoms with Crippen molar-refractivity contribution < 1.29 is 9.90 Å². The van der Waals surface area contributed by atoms with E-state index in [4.69, 9.17) is 40.5 Å². The van der Waals surface area contributed by atoms with E-state index in [9.17, 15) is 9.90 Å². The maximum atomic E-state index is 11.7. The summed E-state index contributed by atoms with van der Waals surface area (Å²) in [5, 5.41) is 10.4. The van der Waals surface area contributed by atoms with Crippen LogP contribution in [-0.4, -0.2) is 11.1 Å². The van der Waals surface area contributed by atoms with Crippen molar-refractivity contribution in [2.24, 2.45) is 5.73 Å². The van der Waals surface area contributed by atoms with E-state index in [-0.39, 0.29) is 15.8 Å². The standard InChI is InChI=1S/C13H9Cl3N2O2/c14-9-3-1-7(5-11(9)16)18(13(17)20)8-2-4-10(15)12(19)6-8/h1-6,19H,(H2,17,20). The maximum absolute atomic E-state index is 11.7. The fourth-order valence-electron chi connectivity index (χ4n) is 1.67. The monoisotopic (exact) mass is 330 g/mol. The molecule has 0 aliphatic carbocycles. The van der Waals surface area contributed by atoms with Gasteiger partial charge in [-0.3, -0.25) is 4.90 Å². The van der Waals surface area contributed by atoms with Crippen LogP contribution in [0.5, 0.6) is 5.75 Å². The minimum absolute atomic E-state index is 0.157. The molecule has 0 radical (unpaired) electrons. The molecule has 2 rings (SSSR count). The summed E-state index contributed by atoms with van der Waals surface area (Å²) in [6, 6.07) is 8.24. The van der Waals surface area contributed by atoms with Crippen LogP contribution in [0.4, 0.5) is 16.2 Å². The molecule has 4 nitrogen and oxygen atoms in total. The molecule has 2 amide bonds. The predicted molar refractivity (Wildman–Crippen MR) is 81.3 cm³/mol. The van der Waals surface area contributed by atoms with Crippen LogP contribution in [0.1, 0.15) is 0 Å². The highest BCUT2D eigenvalue weighted by Crippen LogP contribution is 2.34. The van der Waals surface area contributed by atoms with E-state index in [1.165, 1.54) is 23.1 Å². The summed E-state index contributed by atoms with van der Waals surface area (Å²) < 4.78 is 0. The summed E-state index contributed by atoms with van der Waals surface area (Å²) in [7, 11) is 0. The summed E-state index contributed by atoms with van der Waals surface area (Å²) in [6.07, 6.45) is 0. The molecule has 2 aromatic carbocycles. The molecule has 0 bridgehead atoms. The van der Waals surface area contributed by atoms with Crippen LogP contribution in [0.3, 0.4) is 0 Å². The van der Waals surface area contributed by atoms with E-state index in [1.54, 1.807) is 18.2 Å². The molecule has 0 aliphatic heterocycles. The van der Waals surface area contributed by atoms with Crippen molar-refractivity contribution >= 4 is 52.2 Å². The van der Waals surface area contributed by atoms with Crippen LogP contribution in [0.15, 0.2) is 36.4 Å². The molecule has 2 aromatic rings. The third-order valence-electron chi connectivity index (χ3n) is 2.57. The zero-order chi connectivity index (χ0) is 14.9. The number of carbonyl (C=O) groups excluding carboxylic acids is 1. The Morgan fingerprint density at radius 2 is 1.50 bits per heavy atom. The zero-order valence-corrected chi connectivity index (χ0v) is 12.2. The topological polar surface area (TPSA) is 66.6 Å². The second-order valence-electron chi connectivity index (χ2n) is 3.91.